The Hall–Kier alpha value is -1.55. The number of rotatable bonds is 4. The van der Waals surface area contributed by atoms with Gasteiger partial charge in [0.15, 0.2) is 0 Å². The largest absolute Gasteiger partial charge is 0.497 e. The van der Waals surface area contributed by atoms with Gasteiger partial charge < -0.3 is 15.0 Å². The Morgan fingerprint density at radius 2 is 2.37 bits per heavy atom. The molecule has 1 unspecified atom stereocenters. The zero-order valence-corrected chi connectivity index (χ0v) is 11.7. The first-order chi connectivity index (χ1) is 9.24. The summed E-state index contributed by atoms with van der Waals surface area (Å²) in [5.74, 6) is 1.41. The third kappa shape index (κ3) is 3.47. The molecule has 4 heteroatoms. The molecule has 1 atom stereocenters. The molecule has 104 valence electrons. The molecular formula is C15H22N2O2. The van der Waals surface area contributed by atoms with E-state index in [1.807, 2.05) is 36.2 Å². The highest BCUT2D eigenvalue weighted by Gasteiger charge is 2.24. The van der Waals surface area contributed by atoms with Gasteiger partial charge in [0.2, 0.25) is 0 Å². The number of carbonyl (C=O) groups excluding carboxylic acids is 1. The third-order valence-electron chi connectivity index (χ3n) is 3.62. The average Bonchev–Trinajstić information content (AvgIpc) is 2.47. The van der Waals surface area contributed by atoms with Gasteiger partial charge in [0.25, 0.3) is 5.91 Å². The summed E-state index contributed by atoms with van der Waals surface area (Å²) in [5, 5.41) is 3.20. The number of amides is 1. The second-order valence-electron chi connectivity index (χ2n) is 5.05. The van der Waals surface area contributed by atoms with Crippen molar-refractivity contribution in [1.82, 2.24) is 10.2 Å². The van der Waals surface area contributed by atoms with E-state index < -0.39 is 0 Å². The van der Waals surface area contributed by atoms with E-state index in [0.717, 1.165) is 31.8 Å². The molecule has 0 bridgehead atoms. The van der Waals surface area contributed by atoms with Crippen LogP contribution in [0.25, 0.3) is 0 Å². The van der Waals surface area contributed by atoms with Gasteiger partial charge in [-0.2, -0.15) is 0 Å². The van der Waals surface area contributed by atoms with Crippen LogP contribution in [0.1, 0.15) is 23.2 Å². The summed E-state index contributed by atoms with van der Waals surface area (Å²) in [5.41, 5.74) is 0.712. The van der Waals surface area contributed by atoms with Crippen LogP contribution >= 0.6 is 0 Å². The maximum Gasteiger partial charge on any atom is 0.253 e. The minimum atomic E-state index is 0.111. The van der Waals surface area contributed by atoms with E-state index in [4.69, 9.17) is 4.74 Å². The fraction of sp³-hybridized carbons (Fsp3) is 0.533. The topological polar surface area (TPSA) is 41.6 Å². The molecule has 1 fully saturated rings. The van der Waals surface area contributed by atoms with Crippen LogP contribution in [0.15, 0.2) is 24.3 Å². The Balaban J connectivity index is 2.05. The van der Waals surface area contributed by atoms with Gasteiger partial charge in [0, 0.05) is 18.7 Å². The normalized spacial score (nSPS) is 19.3. The van der Waals surface area contributed by atoms with E-state index in [1.165, 1.54) is 6.42 Å². The Morgan fingerprint density at radius 1 is 1.53 bits per heavy atom. The summed E-state index contributed by atoms with van der Waals surface area (Å²) in [7, 11) is 3.58. The van der Waals surface area contributed by atoms with E-state index >= 15 is 0 Å². The zero-order valence-electron chi connectivity index (χ0n) is 11.7. The number of hydrogen-bond acceptors (Lipinski definition) is 3. The lowest BCUT2D eigenvalue weighted by Crippen LogP contribution is -2.42. The molecule has 0 aliphatic carbocycles. The zero-order chi connectivity index (χ0) is 13.7. The third-order valence-corrected chi connectivity index (χ3v) is 3.62. The number of benzene rings is 1. The molecule has 1 N–H and O–H groups in total. The fourth-order valence-corrected chi connectivity index (χ4v) is 2.64. The number of nitrogens with zero attached hydrogens (tertiary/aromatic N) is 1. The van der Waals surface area contributed by atoms with Crippen molar-refractivity contribution in [3.8, 4) is 5.75 Å². The quantitative estimate of drug-likeness (QED) is 0.899. The van der Waals surface area contributed by atoms with Crippen molar-refractivity contribution in [2.45, 2.75) is 12.8 Å². The van der Waals surface area contributed by atoms with E-state index in [9.17, 15) is 4.79 Å². The number of hydrogen-bond donors (Lipinski definition) is 1. The molecular weight excluding hydrogens is 240 g/mol. The van der Waals surface area contributed by atoms with Crippen molar-refractivity contribution >= 4 is 5.91 Å². The van der Waals surface area contributed by atoms with Crippen molar-refractivity contribution in [3.05, 3.63) is 29.8 Å². The Morgan fingerprint density at radius 3 is 3.11 bits per heavy atom. The van der Waals surface area contributed by atoms with Crippen LogP contribution in [0.3, 0.4) is 0 Å². The van der Waals surface area contributed by atoms with Gasteiger partial charge >= 0.3 is 0 Å². The van der Waals surface area contributed by atoms with Gasteiger partial charge in [0.1, 0.15) is 5.75 Å². The van der Waals surface area contributed by atoms with Crippen LogP contribution < -0.4 is 10.1 Å². The number of ether oxygens (including phenoxy) is 1. The second-order valence-corrected chi connectivity index (χ2v) is 5.05. The van der Waals surface area contributed by atoms with E-state index in [0.29, 0.717) is 11.5 Å². The summed E-state index contributed by atoms with van der Waals surface area (Å²) < 4.78 is 5.17. The summed E-state index contributed by atoms with van der Waals surface area (Å²) in [6.45, 7) is 2.68. The van der Waals surface area contributed by atoms with Crippen LogP contribution in [-0.4, -0.2) is 44.6 Å². The number of likely N-dealkylation sites (tertiary alicyclic amines) is 1. The van der Waals surface area contributed by atoms with Gasteiger partial charge in [-0.05, 0) is 50.6 Å². The second kappa shape index (κ2) is 6.57. The lowest BCUT2D eigenvalue weighted by Gasteiger charge is -2.32. The lowest BCUT2D eigenvalue weighted by molar-refractivity contribution is 0.0674. The Bertz CT molecular complexity index is 432. The standard InChI is InChI=1S/C15H22N2O2/c1-16-10-12-5-4-8-17(11-12)15(18)13-6-3-7-14(9-13)19-2/h3,6-7,9,12,16H,4-5,8,10-11H2,1-2H3. The van der Waals surface area contributed by atoms with Gasteiger partial charge in [-0.3, -0.25) is 4.79 Å². The predicted molar refractivity (Wildman–Crippen MR) is 75.5 cm³/mol. The molecule has 1 aliphatic rings. The SMILES string of the molecule is CNCC1CCCN(C(=O)c2cccc(OC)c2)C1. The molecule has 1 heterocycles. The number of nitrogens with one attached hydrogen (secondary N) is 1. The highest BCUT2D eigenvalue weighted by atomic mass is 16.5. The number of piperidine rings is 1. The van der Waals surface area contributed by atoms with Crippen molar-refractivity contribution in [3.63, 3.8) is 0 Å². The smallest absolute Gasteiger partial charge is 0.253 e. The van der Waals surface area contributed by atoms with Crippen LogP contribution in [0.5, 0.6) is 5.75 Å². The van der Waals surface area contributed by atoms with Gasteiger partial charge in [-0.1, -0.05) is 6.07 Å². The average molecular weight is 262 g/mol. The van der Waals surface area contributed by atoms with Gasteiger partial charge in [0.05, 0.1) is 7.11 Å². The molecule has 0 spiro atoms. The summed E-state index contributed by atoms with van der Waals surface area (Å²) >= 11 is 0. The minimum absolute atomic E-state index is 0.111. The Kier molecular flexibility index (Phi) is 4.80. The molecule has 0 saturated carbocycles. The summed E-state index contributed by atoms with van der Waals surface area (Å²) in [4.78, 5) is 14.4. The molecule has 0 aromatic heterocycles. The highest BCUT2D eigenvalue weighted by molar-refractivity contribution is 5.94. The maximum absolute atomic E-state index is 12.5. The Labute approximate surface area is 114 Å². The van der Waals surface area contributed by atoms with Crippen molar-refractivity contribution in [2.24, 2.45) is 5.92 Å². The summed E-state index contributed by atoms with van der Waals surface area (Å²) in [6.07, 6.45) is 2.28. The summed E-state index contributed by atoms with van der Waals surface area (Å²) in [6, 6.07) is 7.38. The number of carbonyl (C=O) groups is 1. The molecule has 1 aromatic rings. The first-order valence-corrected chi connectivity index (χ1v) is 6.82. The maximum atomic E-state index is 12.5. The first kappa shape index (κ1) is 13.9. The van der Waals surface area contributed by atoms with Crippen LogP contribution in [0, 0.1) is 5.92 Å². The van der Waals surface area contributed by atoms with E-state index in [1.54, 1.807) is 7.11 Å². The van der Waals surface area contributed by atoms with Gasteiger partial charge in [-0.15, -0.1) is 0 Å². The lowest BCUT2D eigenvalue weighted by atomic mass is 9.97. The molecule has 1 amide bonds. The van der Waals surface area contributed by atoms with Gasteiger partial charge in [-0.25, -0.2) is 0 Å². The fourth-order valence-electron chi connectivity index (χ4n) is 2.64. The number of methoxy groups -OCH3 is 1. The highest BCUT2D eigenvalue weighted by Crippen LogP contribution is 2.20. The molecule has 1 aliphatic heterocycles. The monoisotopic (exact) mass is 262 g/mol. The molecule has 4 nitrogen and oxygen atoms in total. The van der Waals surface area contributed by atoms with Crippen LogP contribution in [0.4, 0.5) is 0 Å². The molecule has 1 aromatic carbocycles. The molecule has 0 radical (unpaired) electrons. The van der Waals surface area contributed by atoms with Crippen LogP contribution in [-0.2, 0) is 0 Å². The minimum Gasteiger partial charge on any atom is -0.497 e. The first-order valence-electron chi connectivity index (χ1n) is 6.82. The predicted octanol–water partition coefficient (Wildman–Crippen LogP) is 1.77. The molecule has 2 rings (SSSR count). The van der Waals surface area contributed by atoms with Crippen molar-refractivity contribution in [1.29, 1.82) is 0 Å². The van der Waals surface area contributed by atoms with Crippen LogP contribution in [0.2, 0.25) is 0 Å². The molecule has 1 saturated heterocycles. The van der Waals surface area contributed by atoms with Crippen molar-refractivity contribution < 1.29 is 9.53 Å². The van der Waals surface area contributed by atoms with E-state index in [-0.39, 0.29) is 5.91 Å². The molecule has 19 heavy (non-hydrogen) atoms. The van der Waals surface area contributed by atoms with Crippen molar-refractivity contribution in [2.75, 3.05) is 33.8 Å². The van der Waals surface area contributed by atoms with E-state index in [2.05, 4.69) is 5.32 Å².